The zero-order valence-electron chi connectivity index (χ0n) is 12.8. The van der Waals surface area contributed by atoms with Crippen molar-refractivity contribution < 1.29 is 19.0 Å². The Hall–Kier alpha value is -2.35. The number of carbonyl (C=O) groups excluding carboxylic acids is 1. The highest BCUT2D eigenvalue weighted by Gasteiger charge is 2.13. The van der Waals surface area contributed by atoms with Gasteiger partial charge in [0.25, 0.3) is 0 Å². The second-order valence-electron chi connectivity index (χ2n) is 4.67. The van der Waals surface area contributed by atoms with Crippen molar-refractivity contribution in [2.45, 2.75) is 6.61 Å². The van der Waals surface area contributed by atoms with Crippen LogP contribution < -0.4 is 9.47 Å². The molecule has 0 bridgehead atoms. The van der Waals surface area contributed by atoms with Gasteiger partial charge in [0.1, 0.15) is 6.61 Å². The summed E-state index contributed by atoms with van der Waals surface area (Å²) in [6.45, 7) is 0.141. The lowest BCUT2D eigenvalue weighted by atomic mass is 10.2. The number of terminal acetylenes is 1. The summed E-state index contributed by atoms with van der Waals surface area (Å²) < 4.78 is 15.8. The number of ether oxygens (including phenoxy) is 3. The average molecular weight is 365 g/mol. The van der Waals surface area contributed by atoms with E-state index in [1.165, 1.54) is 13.2 Å². The van der Waals surface area contributed by atoms with Crippen molar-refractivity contribution in [3.63, 3.8) is 0 Å². The molecule has 0 unspecified atom stereocenters. The molecule has 0 amide bonds. The minimum absolute atomic E-state index is 0.0888. The van der Waals surface area contributed by atoms with Gasteiger partial charge in [-0.1, -0.05) is 35.2 Å². The summed E-state index contributed by atoms with van der Waals surface area (Å²) in [5.74, 6) is 2.57. The van der Waals surface area contributed by atoms with Crippen LogP contribution >= 0.6 is 23.2 Å². The molecular formula is C18H14Cl2O4. The molecule has 0 atom stereocenters. The molecule has 124 valence electrons. The van der Waals surface area contributed by atoms with E-state index in [4.69, 9.17) is 43.8 Å². The first-order valence-electron chi connectivity index (χ1n) is 6.90. The summed E-state index contributed by atoms with van der Waals surface area (Å²) in [5.41, 5.74) is 1.10. The highest BCUT2D eigenvalue weighted by Crippen LogP contribution is 2.30. The first-order valence-corrected chi connectivity index (χ1v) is 7.66. The number of halogens is 2. The maximum atomic E-state index is 11.8. The molecule has 2 aromatic rings. The molecule has 2 rings (SSSR count). The number of esters is 1. The standard InChI is InChI=1S/C18H14Cl2O4/c1-3-8-23-18(21)12-5-7-16(17(9-12)22-2)24-11-13-4-6-14(19)10-15(13)20/h1,4-7,9-10H,8,11H2,2H3. The molecule has 0 aliphatic rings. The Morgan fingerprint density at radius 2 is 1.96 bits per heavy atom. The van der Waals surface area contributed by atoms with Crippen LogP contribution in [0.15, 0.2) is 36.4 Å². The Kier molecular flexibility index (Phi) is 6.36. The van der Waals surface area contributed by atoms with Crippen LogP contribution in [0, 0.1) is 12.3 Å². The number of hydrogen-bond acceptors (Lipinski definition) is 4. The van der Waals surface area contributed by atoms with Crippen molar-refractivity contribution in [2.24, 2.45) is 0 Å². The second-order valence-corrected chi connectivity index (χ2v) is 5.51. The van der Waals surface area contributed by atoms with Crippen molar-refractivity contribution in [3.05, 3.63) is 57.6 Å². The average Bonchev–Trinajstić information content (AvgIpc) is 2.58. The lowest BCUT2D eigenvalue weighted by Gasteiger charge is -2.12. The van der Waals surface area contributed by atoms with E-state index >= 15 is 0 Å². The number of benzene rings is 2. The normalized spacial score (nSPS) is 9.92. The molecule has 0 aliphatic heterocycles. The fourth-order valence-electron chi connectivity index (χ4n) is 1.90. The predicted octanol–water partition coefficient (Wildman–Crippen LogP) is 4.37. The van der Waals surface area contributed by atoms with Crippen molar-refractivity contribution in [1.82, 2.24) is 0 Å². The quantitative estimate of drug-likeness (QED) is 0.563. The molecule has 0 heterocycles. The lowest BCUT2D eigenvalue weighted by Crippen LogP contribution is -2.06. The van der Waals surface area contributed by atoms with Gasteiger partial charge >= 0.3 is 5.97 Å². The predicted molar refractivity (Wildman–Crippen MR) is 92.9 cm³/mol. The molecule has 0 N–H and O–H groups in total. The molecule has 0 aromatic heterocycles. The fraction of sp³-hybridized carbons (Fsp3) is 0.167. The molecular weight excluding hydrogens is 351 g/mol. The van der Waals surface area contributed by atoms with Crippen molar-refractivity contribution >= 4 is 29.2 Å². The first kappa shape index (κ1) is 18.0. The topological polar surface area (TPSA) is 44.8 Å². The smallest absolute Gasteiger partial charge is 0.339 e. The zero-order chi connectivity index (χ0) is 17.5. The third-order valence-electron chi connectivity index (χ3n) is 3.08. The lowest BCUT2D eigenvalue weighted by molar-refractivity contribution is 0.0556. The van der Waals surface area contributed by atoms with Crippen LogP contribution in [0.25, 0.3) is 0 Å². The fourth-order valence-corrected chi connectivity index (χ4v) is 2.36. The monoisotopic (exact) mass is 364 g/mol. The minimum Gasteiger partial charge on any atom is -0.493 e. The number of methoxy groups -OCH3 is 1. The molecule has 4 nitrogen and oxygen atoms in total. The van der Waals surface area contributed by atoms with E-state index in [9.17, 15) is 4.79 Å². The van der Waals surface area contributed by atoms with Gasteiger partial charge in [-0.05, 0) is 30.3 Å². The van der Waals surface area contributed by atoms with E-state index in [0.717, 1.165) is 5.56 Å². The number of rotatable bonds is 6. The molecule has 0 saturated carbocycles. The second kappa shape index (κ2) is 8.49. The number of hydrogen-bond donors (Lipinski definition) is 0. The van der Waals surface area contributed by atoms with Crippen molar-refractivity contribution in [2.75, 3.05) is 13.7 Å². The van der Waals surface area contributed by atoms with E-state index in [0.29, 0.717) is 27.1 Å². The van der Waals surface area contributed by atoms with E-state index < -0.39 is 5.97 Å². The summed E-state index contributed by atoms with van der Waals surface area (Å²) >= 11 is 12.0. The molecule has 0 spiro atoms. The Morgan fingerprint density at radius 3 is 2.62 bits per heavy atom. The van der Waals surface area contributed by atoms with Crippen LogP contribution in [0.2, 0.25) is 10.0 Å². The van der Waals surface area contributed by atoms with Crippen molar-refractivity contribution in [1.29, 1.82) is 0 Å². The SMILES string of the molecule is C#CCOC(=O)c1ccc(OCc2ccc(Cl)cc2Cl)c(OC)c1. The summed E-state index contributed by atoms with van der Waals surface area (Å²) in [7, 11) is 1.48. The summed E-state index contributed by atoms with van der Waals surface area (Å²) in [6, 6.07) is 9.87. The van der Waals surface area contributed by atoms with Gasteiger partial charge in [0.05, 0.1) is 12.7 Å². The van der Waals surface area contributed by atoms with Gasteiger partial charge in [-0.25, -0.2) is 4.79 Å². The molecule has 0 saturated heterocycles. The largest absolute Gasteiger partial charge is 0.493 e. The third kappa shape index (κ3) is 4.58. The van der Waals surface area contributed by atoms with E-state index in [-0.39, 0.29) is 13.2 Å². The Balaban J connectivity index is 2.13. The van der Waals surface area contributed by atoms with Crippen LogP contribution in [-0.2, 0) is 11.3 Å². The first-order chi connectivity index (χ1) is 11.5. The number of carbonyl (C=O) groups is 1. The van der Waals surface area contributed by atoms with Gasteiger partial charge in [0, 0.05) is 15.6 Å². The van der Waals surface area contributed by atoms with Crippen LogP contribution in [0.1, 0.15) is 15.9 Å². The van der Waals surface area contributed by atoms with E-state index in [1.54, 1.807) is 30.3 Å². The highest BCUT2D eigenvalue weighted by molar-refractivity contribution is 6.35. The Labute approximate surface area is 150 Å². The van der Waals surface area contributed by atoms with Crippen LogP contribution in [-0.4, -0.2) is 19.7 Å². The van der Waals surface area contributed by atoms with Crippen molar-refractivity contribution in [3.8, 4) is 23.8 Å². The summed E-state index contributed by atoms with van der Waals surface area (Å²) in [6.07, 6.45) is 5.06. The maximum Gasteiger partial charge on any atom is 0.339 e. The minimum atomic E-state index is -0.529. The van der Waals surface area contributed by atoms with Gasteiger partial charge in [-0.3, -0.25) is 0 Å². The summed E-state index contributed by atoms with van der Waals surface area (Å²) in [5, 5.41) is 1.06. The Morgan fingerprint density at radius 1 is 1.17 bits per heavy atom. The van der Waals surface area contributed by atoms with Gasteiger partial charge in [-0.2, -0.15) is 0 Å². The molecule has 2 aromatic carbocycles. The molecule has 0 fully saturated rings. The molecule has 6 heteroatoms. The van der Waals surface area contributed by atoms with Gasteiger partial charge in [0.2, 0.25) is 0 Å². The molecule has 24 heavy (non-hydrogen) atoms. The highest BCUT2D eigenvalue weighted by atomic mass is 35.5. The van der Waals surface area contributed by atoms with Crippen LogP contribution in [0.5, 0.6) is 11.5 Å². The maximum absolute atomic E-state index is 11.8. The molecule has 0 radical (unpaired) electrons. The van der Waals surface area contributed by atoms with Gasteiger partial charge in [-0.15, -0.1) is 6.42 Å². The summed E-state index contributed by atoms with van der Waals surface area (Å²) in [4.78, 5) is 11.8. The van der Waals surface area contributed by atoms with E-state index in [1.807, 2.05) is 0 Å². The molecule has 0 aliphatic carbocycles. The van der Waals surface area contributed by atoms with Gasteiger partial charge in [0.15, 0.2) is 18.1 Å². The zero-order valence-corrected chi connectivity index (χ0v) is 14.4. The Bertz CT molecular complexity index is 781. The van der Waals surface area contributed by atoms with Gasteiger partial charge < -0.3 is 14.2 Å². The van der Waals surface area contributed by atoms with Crippen LogP contribution in [0.4, 0.5) is 0 Å². The van der Waals surface area contributed by atoms with Crippen LogP contribution in [0.3, 0.4) is 0 Å². The van der Waals surface area contributed by atoms with E-state index in [2.05, 4.69) is 5.92 Å². The third-order valence-corrected chi connectivity index (χ3v) is 3.67.